The molecule has 0 fully saturated rings. The van der Waals surface area contributed by atoms with E-state index in [0.29, 0.717) is 0 Å². The molecule has 0 aliphatic rings. The maximum atomic E-state index is 8.74. The maximum absolute atomic E-state index is 8.74. The van der Waals surface area contributed by atoms with E-state index in [1.54, 1.807) is 12.1 Å². The molecule has 16 heavy (non-hydrogen) atoms. The molecule has 92 valence electrons. The number of hydrogen-bond donors (Lipinski definition) is 5. The van der Waals surface area contributed by atoms with Crippen LogP contribution in [0.1, 0.15) is 6.92 Å². The first kappa shape index (κ1) is 14.5. The van der Waals surface area contributed by atoms with Crippen LogP contribution in [0.4, 0.5) is 17.1 Å². The normalized spacial score (nSPS) is 10.2. The van der Waals surface area contributed by atoms with Crippen LogP contribution in [0, 0.1) is 0 Å². The van der Waals surface area contributed by atoms with Crippen molar-refractivity contribution in [2.24, 2.45) is 0 Å². The minimum absolute atomic E-state index is 0.732. The number of hydrogen-bond acceptors (Lipinski definition) is 5. The highest BCUT2D eigenvalue weighted by Gasteiger charge is 1.95. The summed E-state index contributed by atoms with van der Waals surface area (Å²) in [6, 6.07) is 5.42. The van der Waals surface area contributed by atoms with Gasteiger partial charge in [0, 0.05) is 12.2 Å². The summed E-state index contributed by atoms with van der Waals surface area (Å²) in [6.45, 7) is 2.87. The highest BCUT2D eigenvalue weighted by Crippen LogP contribution is 2.20. The van der Waals surface area contributed by atoms with Crippen molar-refractivity contribution < 1.29 is 17.5 Å². The fourth-order valence-corrected chi connectivity index (χ4v) is 0.917. The first-order chi connectivity index (χ1) is 7.24. The van der Waals surface area contributed by atoms with E-state index in [1.807, 2.05) is 13.0 Å². The Bertz CT molecular complexity index is 425. The fraction of sp³-hybridized carbons (Fsp3) is 0.250. The second-order valence-electron chi connectivity index (χ2n) is 2.82. The number of rotatable bonds is 2. The molecule has 1 aromatic carbocycles. The molecule has 0 saturated heterocycles. The standard InChI is InChI=1S/C8H13N3.H2O4S/c1-2-11-8-5-6(9)3-4-7(8)10;1-5(2,3)4/h3-5,11H,2,9-10H2,1H3;(H2,1,2,3,4). The van der Waals surface area contributed by atoms with Crippen LogP contribution in [-0.4, -0.2) is 24.1 Å². The monoisotopic (exact) mass is 249 g/mol. The molecule has 0 aromatic heterocycles. The third-order valence-corrected chi connectivity index (χ3v) is 1.44. The van der Waals surface area contributed by atoms with Crippen LogP contribution < -0.4 is 16.8 Å². The fourth-order valence-electron chi connectivity index (χ4n) is 0.917. The molecule has 7 nitrogen and oxygen atoms in total. The summed E-state index contributed by atoms with van der Waals surface area (Å²) in [4.78, 5) is 0. The van der Waals surface area contributed by atoms with E-state index in [9.17, 15) is 0 Å². The van der Waals surface area contributed by atoms with Gasteiger partial charge in [0.15, 0.2) is 0 Å². The zero-order valence-corrected chi connectivity index (χ0v) is 9.53. The van der Waals surface area contributed by atoms with E-state index in [1.165, 1.54) is 0 Å². The van der Waals surface area contributed by atoms with E-state index >= 15 is 0 Å². The van der Waals surface area contributed by atoms with Crippen LogP contribution >= 0.6 is 0 Å². The van der Waals surface area contributed by atoms with Crippen LogP contribution in [0.2, 0.25) is 0 Å². The van der Waals surface area contributed by atoms with Crippen LogP contribution in [0.5, 0.6) is 0 Å². The first-order valence-electron chi connectivity index (χ1n) is 4.32. The lowest BCUT2D eigenvalue weighted by molar-refractivity contribution is 0.381. The summed E-state index contributed by atoms with van der Waals surface area (Å²) in [7, 11) is -4.67. The Labute approximate surface area is 94.0 Å². The van der Waals surface area contributed by atoms with Gasteiger partial charge in [-0.05, 0) is 25.1 Å². The van der Waals surface area contributed by atoms with E-state index in [0.717, 1.165) is 23.6 Å². The van der Waals surface area contributed by atoms with E-state index < -0.39 is 10.4 Å². The molecule has 0 unspecified atom stereocenters. The summed E-state index contributed by atoms with van der Waals surface area (Å²) in [6.07, 6.45) is 0. The number of nitrogens with one attached hydrogen (secondary N) is 1. The largest absolute Gasteiger partial charge is 0.399 e. The molecule has 1 aromatic rings. The molecule has 1 rings (SSSR count). The lowest BCUT2D eigenvalue weighted by atomic mass is 10.2. The second-order valence-corrected chi connectivity index (χ2v) is 3.72. The molecule has 0 saturated carbocycles. The van der Waals surface area contributed by atoms with Crippen LogP contribution in [-0.2, 0) is 10.4 Å². The molecule has 0 spiro atoms. The molecular weight excluding hydrogens is 234 g/mol. The van der Waals surface area contributed by atoms with Crippen LogP contribution in [0.3, 0.4) is 0 Å². The third-order valence-electron chi connectivity index (χ3n) is 1.44. The van der Waals surface area contributed by atoms with E-state index in [2.05, 4.69) is 5.32 Å². The minimum atomic E-state index is -4.67. The highest BCUT2D eigenvalue weighted by molar-refractivity contribution is 7.79. The van der Waals surface area contributed by atoms with Gasteiger partial charge in [-0.25, -0.2) is 0 Å². The van der Waals surface area contributed by atoms with Gasteiger partial charge >= 0.3 is 10.4 Å². The van der Waals surface area contributed by atoms with Crippen LogP contribution in [0.15, 0.2) is 18.2 Å². The average Bonchev–Trinajstić information content (AvgIpc) is 2.09. The van der Waals surface area contributed by atoms with Gasteiger partial charge in [-0.3, -0.25) is 9.11 Å². The Kier molecular flexibility index (Phi) is 5.57. The van der Waals surface area contributed by atoms with Crippen molar-refractivity contribution >= 4 is 27.5 Å². The summed E-state index contributed by atoms with van der Waals surface area (Å²) < 4.78 is 31.6. The Hall–Kier alpha value is -1.51. The Balaban J connectivity index is 0.000000385. The van der Waals surface area contributed by atoms with E-state index in [4.69, 9.17) is 29.0 Å². The molecule has 0 aliphatic carbocycles. The summed E-state index contributed by atoms with van der Waals surface area (Å²) >= 11 is 0. The van der Waals surface area contributed by atoms with Crippen molar-refractivity contribution in [2.75, 3.05) is 23.3 Å². The van der Waals surface area contributed by atoms with Gasteiger partial charge < -0.3 is 16.8 Å². The van der Waals surface area contributed by atoms with Crippen molar-refractivity contribution in [3.8, 4) is 0 Å². The Morgan fingerprint density at radius 2 is 1.81 bits per heavy atom. The molecule has 0 aliphatic heterocycles. The summed E-state index contributed by atoms with van der Waals surface area (Å²) in [5.41, 5.74) is 13.6. The topological polar surface area (TPSA) is 139 Å². The van der Waals surface area contributed by atoms with Gasteiger partial charge in [0.1, 0.15) is 0 Å². The lowest BCUT2D eigenvalue weighted by Gasteiger charge is -2.06. The molecular formula is C8H15N3O4S. The molecule has 0 radical (unpaired) electrons. The molecule has 0 bridgehead atoms. The minimum Gasteiger partial charge on any atom is -0.399 e. The number of nitrogens with two attached hydrogens (primary N) is 2. The SMILES string of the molecule is CCNc1cc(N)ccc1N.O=S(=O)(O)O. The highest BCUT2D eigenvalue weighted by atomic mass is 32.3. The predicted octanol–water partition coefficient (Wildman–Crippen LogP) is 0.630. The first-order valence-corrected chi connectivity index (χ1v) is 5.72. The van der Waals surface area contributed by atoms with Crippen molar-refractivity contribution in [3.63, 3.8) is 0 Å². The predicted molar refractivity (Wildman–Crippen MR) is 63.6 cm³/mol. The van der Waals surface area contributed by atoms with Gasteiger partial charge in [-0.2, -0.15) is 8.42 Å². The molecule has 0 amide bonds. The molecule has 0 atom stereocenters. The molecule has 0 heterocycles. The quantitative estimate of drug-likeness (QED) is 0.382. The van der Waals surface area contributed by atoms with Gasteiger partial charge in [0.2, 0.25) is 0 Å². The van der Waals surface area contributed by atoms with Gasteiger partial charge in [0.25, 0.3) is 0 Å². The molecule has 8 heteroatoms. The van der Waals surface area contributed by atoms with Crippen molar-refractivity contribution in [2.45, 2.75) is 6.92 Å². The Morgan fingerprint density at radius 1 is 1.31 bits per heavy atom. The maximum Gasteiger partial charge on any atom is 0.394 e. The van der Waals surface area contributed by atoms with Crippen molar-refractivity contribution in [1.29, 1.82) is 0 Å². The summed E-state index contributed by atoms with van der Waals surface area (Å²) in [5, 5.41) is 3.11. The smallest absolute Gasteiger partial charge is 0.394 e. The van der Waals surface area contributed by atoms with Crippen LogP contribution in [0.25, 0.3) is 0 Å². The van der Waals surface area contributed by atoms with E-state index in [-0.39, 0.29) is 0 Å². The second kappa shape index (κ2) is 6.16. The summed E-state index contributed by atoms with van der Waals surface area (Å²) in [5.74, 6) is 0. The Morgan fingerprint density at radius 3 is 2.25 bits per heavy atom. The van der Waals surface area contributed by atoms with Crippen molar-refractivity contribution in [3.05, 3.63) is 18.2 Å². The third kappa shape index (κ3) is 7.85. The van der Waals surface area contributed by atoms with Gasteiger partial charge in [-0.15, -0.1) is 0 Å². The van der Waals surface area contributed by atoms with Crippen molar-refractivity contribution in [1.82, 2.24) is 0 Å². The van der Waals surface area contributed by atoms with Gasteiger partial charge in [0.05, 0.1) is 11.4 Å². The number of nitrogen functional groups attached to an aromatic ring is 2. The molecule has 7 N–H and O–H groups in total. The zero-order valence-electron chi connectivity index (χ0n) is 8.71. The average molecular weight is 249 g/mol. The van der Waals surface area contributed by atoms with Gasteiger partial charge in [-0.1, -0.05) is 0 Å². The lowest BCUT2D eigenvalue weighted by Crippen LogP contribution is -2.01. The number of benzene rings is 1. The number of anilines is 3. The zero-order chi connectivity index (χ0) is 12.8.